The minimum absolute atomic E-state index is 0.410. The van der Waals surface area contributed by atoms with Crippen molar-refractivity contribution in [1.82, 2.24) is 0 Å². The second kappa shape index (κ2) is 9.37. The van der Waals surface area contributed by atoms with Gasteiger partial charge in [0.05, 0.1) is 11.2 Å². The van der Waals surface area contributed by atoms with Gasteiger partial charge in [-0.3, -0.25) is 0 Å². The first-order valence-electron chi connectivity index (χ1n) is 14.2. The van der Waals surface area contributed by atoms with Gasteiger partial charge in [0, 0.05) is 10.8 Å². The van der Waals surface area contributed by atoms with Crippen molar-refractivity contribution in [3.05, 3.63) is 109 Å². The maximum absolute atomic E-state index is 6.43. The summed E-state index contributed by atoms with van der Waals surface area (Å²) < 4.78 is 19.1. The molecule has 0 bridgehead atoms. The van der Waals surface area contributed by atoms with Crippen LogP contribution in [0.3, 0.4) is 0 Å². The number of fused-ring (bicyclic) bond motifs is 3. The van der Waals surface area contributed by atoms with Crippen LogP contribution in [0.5, 0.6) is 0 Å². The van der Waals surface area contributed by atoms with Gasteiger partial charge in [0.1, 0.15) is 11.2 Å². The molecule has 0 spiro atoms. The molecule has 5 aromatic rings. The lowest BCUT2D eigenvalue weighted by molar-refractivity contribution is 0.00578. The Kier molecular flexibility index (Phi) is 5.88. The lowest BCUT2D eigenvalue weighted by Crippen LogP contribution is -2.41. The zero-order valence-electron chi connectivity index (χ0n) is 23.5. The molecule has 1 saturated heterocycles. The number of hydrogen-bond donors (Lipinski definition) is 0. The SMILES string of the molecule is CC1(C)OB(c2cccc3oc4ccc(-c5cccc(-c6ccc(C7=CCCC=C7)cc6)c5)cc4c23)OC1(C)C. The van der Waals surface area contributed by atoms with Crippen LogP contribution in [0.4, 0.5) is 0 Å². The fourth-order valence-corrected chi connectivity index (χ4v) is 5.76. The van der Waals surface area contributed by atoms with Gasteiger partial charge in [-0.15, -0.1) is 0 Å². The average Bonchev–Trinajstić information content (AvgIpc) is 3.45. The third-order valence-corrected chi connectivity index (χ3v) is 8.78. The molecule has 1 aliphatic carbocycles. The summed E-state index contributed by atoms with van der Waals surface area (Å²) >= 11 is 0. The predicted molar refractivity (Wildman–Crippen MR) is 167 cm³/mol. The molecular formula is C36H33BO3. The van der Waals surface area contributed by atoms with Crippen molar-refractivity contribution in [3.63, 3.8) is 0 Å². The molecule has 0 radical (unpaired) electrons. The Morgan fingerprint density at radius 2 is 1.27 bits per heavy atom. The molecule has 3 nitrogen and oxygen atoms in total. The second-order valence-electron chi connectivity index (χ2n) is 11.9. The van der Waals surface area contributed by atoms with Gasteiger partial charge in [-0.05, 0) is 104 Å². The number of benzene rings is 4. The highest BCUT2D eigenvalue weighted by Crippen LogP contribution is 2.39. The van der Waals surface area contributed by atoms with Gasteiger partial charge in [-0.2, -0.15) is 0 Å². The Bertz CT molecular complexity index is 1790. The van der Waals surface area contributed by atoms with Crippen LogP contribution in [0, 0.1) is 0 Å². The molecule has 4 heteroatoms. The summed E-state index contributed by atoms with van der Waals surface area (Å²) in [6.45, 7) is 8.35. The van der Waals surface area contributed by atoms with Crippen molar-refractivity contribution in [2.75, 3.05) is 0 Å². The van der Waals surface area contributed by atoms with E-state index in [4.69, 9.17) is 13.7 Å². The quantitative estimate of drug-likeness (QED) is 0.220. The number of rotatable bonds is 4. The highest BCUT2D eigenvalue weighted by Gasteiger charge is 2.52. The van der Waals surface area contributed by atoms with Gasteiger partial charge in [0.2, 0.25) is 0 Å². The van der Waals surface area contributed by atoms with E-state index in [0.29, 0.717) is 0 Å². The topological polar surface area (TPSA) is 31.6 Å². The Balaban J connectivity index is 1.26. The average molecular weight is 524 g/mol. The smallest absolute Gasteiger partial charge is 0.456 e. The lowest BCUT2D eigenvalue weighted by atomic mass is 9.76. The molecular weight excluding hydrogens is 491 g/mol. The van der Waals surface area contributed by atoms with Crippen LogP contribution in [0.25, 0.3) is 49.8 Å². The minimum Gasteiger partial charge on any atom is -0.456 e. The summed E-state index contributed by atoms with van der Waals surface area (Å²) in [6.07, 6.45) is 9.06. The molecule has 2 heterocycles. The van der Waals surface area contributed by atoms with Crippen molar-refractivity contribution < 1.29 is 13.7 Å². The highest BCUT2D eigenvalue weighted by atomic mass is 16.7. The fraction of sp³-hybridized carbons (Fsp3) is 0.222. The molecule has 2 aliphatic rings. The Labute approximate surface area is 236 Å². The van der Waals surface area contributed by atoms with Crippen molar-refractivity contribution in [1.29, 1.82) is 0 Å². The molecule has 0 atom stereocenters. The largest absolute Gasteiger partial charge is 0.495 e. The van der Waals surface area contributed by atoms with Gasteiger partial charge in [0.15, 0.2) is 0 Å². The first-order valence-corrected chi connectivity index (χ1v) is 14.2. The number of allylic oxidation sites excluding steroid dienone is 4. The predicted octanol–water partition coefficient (Wildman–Crippen LogP) is 8.95. The monoisotopic (exact) mass is 524 g/mol. The minimum atomic E-state index is -0.454. The fourth-order valence-electron chi connectivity index (χ4n) is 5.76. The molecule has 0 saturated carbocycles. The van der Waals surface area contributed by atoms with E-state index in [2.05, 4.69) is 119 Å². The molecule has 40 heavy (non-hydrogen) atoms. The van der Waals surface area contributed by atoms with Crippen LogP contribution in [-0.2, 0) is 9.31 Å². The number of furan rings is 1. The van der Waals surface area contributed by atoms with Crippen molar-refractivity contribution in [3.8, 4) is 22.3 Å². The first-order chi connectivity index (χ1) is 19.3. The van der Waals surface area contributed by atoms with Gasteiger partial charge >= 0.3 is 7.12 Å². The van der Waals surface area contributed by atoms with Gasteiger partial charge in [0.25, 0.3) is 0 Å². The summed E-state index contributed by atoms with van der Waals surface area (Å²) in [4.78, 5) is 0. The molecule has 198 valence electrons. The Morgan fingerprint density at radius 3 is 2.00 bits per heavy atom. The van der Waals surface area contributed by atoms with E-state index in [0.717, 1.165) is 45.8 Å². The summed E-state index contributed by atoms with van der Waals surface area (Å²) in [5, 5.41) is 2.12. The molecule has 1 fully saturated rings. The van der Waals surface area contributed by atoms with Gasteiger partial charge < -0.3 is 13.7 Å². The third kappa shape index (κ3) is 4.23. The summed E-state index contributed by atoms with van der Waals surface area (Å²) in [7, 11) is -0.454. The highest BCUT2D eigenvalue weighted by molar-refractivity contribution is 6.66. The van der Waals surface area contributed by atoms with Gasteiger partial charge in [-0.25, -0.2) is 0 Å². The maximum Gasteiger partial charge on any atom is 0.495 e. The molecule has 0 amide bonds. The van der Waals surface area contributed by atoms with Crippen molar-refractivity contribution in [2.24, 2.45) is 0 Å². The zero-order chi connectivity index (χ0) is 27.5. The summed E-state index contributed by atoms with van der Waals surface area (Å²) in [5.41, 5.74) is 9.20. The molecule has 0 N–H and O–H groups in total. The molecule has 4 aromatic carbocycles. The van der Waals surface area contributed by atoms with E-state index in [1.807, 2.05) is 12.1 Å². The van der Waals surface area contributed by atoms with E-state index in [-0.39, 0.29) is 0 Å². The van der Waals surface area contributed by atoms with Gasteiger partial charge in [-0.1, -0.05) is 78.9 Å². The second-order valence-corrected chi connectivity index (χ2v) is 11.9. The molecule has 7 rings (SSSR count). The van der Waals surface area contributed by atoms with Crippen LogP contribution in [0.15, 0.2) is 108 Å². The van der Waals surface area contributed by atoms with Crippen molar-refractivity contribution >= 4 is 40.1 Å². The Hall–Kier alpha value is -3.86. The van der Waals surface area contributed by atoms with E-state index < -0.39 is 18.3 Å². The van der Waals surface area contributed by atoms with Crippen LogP contribution >= 0.6 is 0 Å². The van der Waals surface area contributed by atoms with Crippen LogP contribution in [0.1, 0.15) is 46.1 Å². The van der Waals surface area contributed by atoms with E-state index >= 15 is 0 Å². The first kappa shape index (κ1) is 25.1. The van der Waals surface area contributed by atoms with Crippen LogP contribution in [0.2, 0.25) is 0 Å². The third-order valence-electron chi connectivity index (χ3n) is 8.78. The Morgan fingerprint density at radius 1 is 0.625 bits per heavy atom. The summed E-state index contributed by atoms with van der Waals surface area (Å²) in [5.74, 6) is 0. The molecule has 1 aromatic heterocycles. The zero-order valence-corrected chi connectivity index (χ0v) is 23.5. The van der Waals surface area contributed by atoms with E-state index in [1.54, 1.807) is 0 Å². The molecule has 0 unspecified atom stereocenters. The summed E-state index contributed by atoms with van der Waals surface area (Å²) in [6, 6.07) is 30.2. The molecule has 1 aliphatic heterocycles. The lowest BCUT2D eigenvalue weighted by Gasteiger charge is -2.32. The normalized spacial score (nSPS) is 18.0. The standard InChI is InChI=1S/C36H33BO3/c1-35(2)36(3,4)40-37(39-35)31-14-9-15-33-34(31)30-23-29(20-21-32(30)38-33)28-13-8-12-27(22-28)26-18-16-25(17-19-26)24-10-6-5-7-11-24/h6,8-23H,5,7H2,1-4H3. The van der Waals surface area contributed by atoms with E-state index in [1.165, 1.54) is 27.8 Å². The number of hydrogen-bond acceptors (Lipinski definition) is 3. The maximum atomic E-state index is 6.43. The van der Waals surface area contributed by atoms with Crippen molar-refractivity contribution in [2.45, 2.75) is 51.7 Å². The van der Waals surface area contributed by atoms with E-state index in [9.17, 15) is 0 Å². The van der Waals surface area contributed by atoms with Crippen LogP contribution < -0.4 is 5.46 Å². The van der Waals surface area contributed by atoms with Crippen LogP contribution in [-0.4, -0.2) is 18.3 Å².